The quantitative estimate of drug-likeness (QED) is 0.0475. The summed E-state index contributed by atoms with van der Waals surface area (Å²) in [7, 11) is 0. The molecule has 124 heavy (non-hydrogen) atoms. The molecule has 0 spiro atoms. The van der Waals surface area contributed by atoms with Crippen molar-refractivity contribution >= 4 is 87.3 Å². The molecule has 19 heteroatoms. The van der Waals surface area contributed by atoms with E-state index in [1.54, 1.807) is 4.90 Å². The number of carbonyl (C=O) groups is 2. The monoisotopic (exact) mass is 1940 g/mol. The fourth-order valence-corrected chi connectivity index (χ4v) is 24.0. The van der Waals surface area contributed by atoms with Gasteiger partial charge in [-0.05, 0) is 331 Å². The summed E-state index contributed by atoms with van der Waals surface area (Å²) < 4.78 is 19.6. The number of hydrogen-bond donors (Lipinski definition) is 8. The Kier molecular flexibility index (Phi) is 30.4. The highest BCUT2D eigenvalue weighted by atomic mass is 79.9. The largest absolute Gasteiger partial charge is 0.507 e. The van der Waals surface area contributed by atoms with Gasteiger partial charge in [-0.3, -0.25) is 9.80 Å². The molecule has 0 saturated carbocycles. The van der Waals surface area contributed by atoms with Crippen molar-refractivity contribution in [3.05, 3.63) is 223 Å². The number of aromatic hydroxyl groups is 8. The SMILES string of the molecule is C=C(C)[C@@H]1CCC(C)=C[C@H]1c1c(O)c(Br)c2c(c1O)[C@H](CC)CCC2.C=C(C)[C@@H]1CCC(C)=C[C@H]1c1c(O)c(Br)c2c(c1O)[C@H](CC)CCN2C(=O)OC(C)(C)C.C=C(C)[C@@H]1CCC(C)=C[C@H]1c1c(O)c(Br)c2c(c1O)[C@H](CC)CCN2C(=O)OCC1c2ccccc2-c2ccccc21.C=C(C)[C@@H]1CCC(C)=C[C@H]1c1c(O)c(Br)c2c(c1O)[C@H](CC)CCO2. The zero-order valence-corrected chi connectivity index (χ0v) is 81.7. The lowest BCUT2D eigenvalue weighted by Crippen LogP contribution is -2.41. The zero-order chi connectivity index (χ0) is 90.3. The molecule has 0 aromatic heterocycles. The minimum absolute atomic E-state index is 0.00715. The van der Waals surface area contributed by atoms with Gasteiger partial charge in [-0.1, -0.05) is 171 Å². The zero-order valence-electron chi connectivity index (χ0n) is 75.3. The van der Waals surface area contributed by atoms with Crippen molar-refractivity contribution in [1.82, 2.24) is 0 Å². The second-order valence-corrected chi connectivity index (χ2v) is 40.8. The maximum absolute atomic E-state index is 13.8. The third kappa shape index (κ3) is 18.8. The molecule has 15 rings (SSSR count). The lowest BCUT2D eigenvalue weighted by molar-refractivity contribution is 0.0575. The summed E-state index contributed by atoms with van der Waals surface area (Å²) in [6.07, 6.45) is 24.6. The van der Waals surface area contributed by atoms with E-state index in [2.05, 4.69) is 201 Å². The van der Waals surface area contributed by atoms with E-state index in [9.17, 15) is 50.4 Å². The number of ether oxygens (including phenoxy) is 3. The molecule has 6 aliphatic carbocycles. The maximum atomic E-state index is 13.8. The summed E-state index contributed by atoms with van der Waals surface area (Å²) in [6, 6.07) is 16.5. The molecule has 12 atom stereocenters. The Hall–Kier alpha value is -8.10. The summed E-state index contributed by atoms with van der Waals surface area (Å²) in [5.41, 5.74) is 21.1. The third-order valence-electron chi connectivity index (χ3n) is 28.1. The molecular weight excluding hydrogens is 1820 g/mol. The number of anilines is 2. The van der Waals surface area contributed by atoms with Gasteiger partial charge in [0, 0.05) is 87.2 Å². The number of phenolic OH excluding ortho intramolecular Hbond substituents is 8. The van der Waals surface area contributed by atoms with Gasteiger partial charge in [-0.25, -0.2) is 9.59 Å². The molecule has 0 radical (unpaired) electrons. The van der Waals surface area contributed by atoms with Crippen LogP contribution in [0, 0.1) is 23.7 Å². The lowest BCUT2D eigenvalue weighted by Gasteiger charge is -2.38. The summed E-state index contributed by atoms with van der Waals surface area (Å²) in [5, 5.41) is 90.7. The van der Waals surface area contributed by atoms with Gasteiger partial charge in [0.15, 0.2) is 0 Å². The molecular formula is C105H130Br4N2O13. The molecule has 6 aromatic rings. The van der Waals surface area contributed by atoms with Crippen LogP contribution in [-0.2, 0) is 15.9 Å². The summed E-state index contributed by atoms with van der Waals surface area (Å²) in [6.45, 7) is 49.0. The van der Waals surface area contributed by atoms with Crippen molar-refractivity contribution in [2.75, 3.05) is 36.1 Å². The van der Waals surface area contributed by atoms with Gasteiger partial charge in [0.25, 0.3) is 0 Å². The Morgan fingerprint density at radius 1 is 0.427 bits per heavy atom. The first-order chi connectivity index (χ1) is 58.8. The summed E-state index contributed by atoms with van der Waals surface area (Å²) >= 11 is 14.4. The van der Waals surface area contributed by atoms with Gasteiger partial charge in [0.2, 0.25) is 0 Å². The Morgan fingerprint density at radius 3 is 1.15 bits per heavy atom. The standard InChI is InChI=1S/C36H38BrNO4.C26H36BrNO4.C22H29BrO2.C21H27BrO3/c1-5-22-16-17-38(36(41)42-19-29-26-12-8-6-10-24(26)25-11-7-9-13-27(25)29)33-30(22)34(39)31(35(40)32(33)37)28-18-21(4)14-15-23(28)20(2)3;1-8-16-11-12-28(25(31)32-26(5,6)7)22-19(16)23(29)20(24(30)21(22)27)18-13-15(4)9-10-17(18)14(2)3;1-5-14-7-6-8-16-18(14)21(24)19(22(25)20(16)23)17-11-13(4)9-10-15(17)12(2)3;1-5-13-8-9-25-21-16(13)19(23)17(20(24)18(21)22)15-10-12(4)6-7-14(15)11(2)3/h6-13,18,22-23,28-29,39-40H,2,5,14-17,19H2,1,3-4H3;13,16-18,29-30H,2,8-12H2,1,3-7H3;11,14-15,17,24-25H,2,5-10H2,1,3-4H3;10,13-15,23-24H,2,5-9H2,1,3-4H3/t22-,23+,28-;16-,17+,18-;14-,15+,17-;13-,14+,15-/m1111/s1. The van der Waals surface area contributed by atoms with Crippen molar-refractivity contribution in [2.45, 2.75) is 278 Å². The van der Waals surface area contributed by atoms with E-state index in [0.717, 1.165) is 164 Å². The molecule has 3 heterocycles. The number of amides is 2. The van der Waals surface area contributed by atoms with Gasteiger partial charge in [0.1, 0.15) is 68.4 Å². The Labute approximate surface area is 769 Å². The van der Waals surface area contributed by atoms with E-state index in [4.69, 9.17) is 14.2 Å². The number of phenols is 8. The van der Waals surface area contributed by atoms with Gasteiger partial charge < -0.3 is 55.1 Å². The van der Waals surface area contributed by atoms with Gasteiger partial charge >= 0.3 is 12.2 Å². The molecule has 666 valence electrons. The van der Waals surface area contributed by atoms with Gasteiger partial charge in [0.05, 0.1) is 31.4 Å². The van der Waals surface area contributed by atoms with E-state index in [-0.39, 0.29) is 118 Å². The molecule has 0 fully saturated rings. The van der Waals surface area contributed by atoms with Crippen LogP contribution in [0.5, 0.6) is 51.7 Å². The molecule has 0 unspecified atom stereocenters. The molecule has 15 nitrogen and oxygen atoms in total. The fourth-order valence-electron chi connectivity index (χ4n) is 21.5. The third-order valence-corrected chi connectivity index (χ3v) is 31.2. The second-order valence-electron chi connectivity index (χ2n) is 37.6. The van der Waals surface area contributed by atoms with Crippen molar-refractivity contribution in [2.24, 2.45) is 23.7 Å². The van der Waals surface area contributed by atoms with Crippen LogP contribution in [0.1, 0.15) is 327 Å². The van der Waals surface area contributed by atoms with Crippen molar-refractivity contribution < 1.29 is 64.7 Å². The van der Waals surface area contributed by atoms with Crippen LogP contribution >= 0.6 is 63.7 Å². The van der Waals surface area contributed by atoms with E-state index in [0.29, 0.717) is 102 Å². The highest BCUT2D eigenvalue weighted by Gasteiger charge is 2.45. The summed E-state index contributed by atoms with van der Waals surface area (Å²) in [5.74, 6) is 2.52. The minimum atomic E-state index is -0.644. The van der Waals surface area contributed by atoms with Gasteiger partial charge in [-0.2, -0.15) is 0 Å². The lowest BCUT2D eigenvalue weighted by atomic mass is 9.71. The van der Waals surface area contributed by atoms with Crippen molar-refractivity contribution in [3.63, 3.8) is 0 Å². The Bertz CT molecular complexity index is 5120. The van der Waals surface area contributed by atoms with Crippen LogP contribution in [0.25, 0.3) is 11.1 Å². The molecule has 9 aliphatic rings. The van der Waals surface area contributed by atoms with Crippen LogP contribution in [0.3, 0.4) is 0 Å². The Morgan fingerprint density at radius 2 is 0.766 bits per heavy atom. The second kappa shape index (κ2) is 39.6. The van der Waals surface area contributed by atoms with E-state index >= 15 is 0 Å². The first-order valence-corrected chi connectivity index (χ1v) is 48.1. The van der Waals surface area contributed by atoms with E-state index in [1.807, 2.05) is 65.8 Å². The minimum Gasteiger partial charge on any atom is -0.507 e. The van der Waals surface area contributed by atoms with Crippen LogP contribution in [0.2, 0.25) is 0 Å². The van der Waals surface area contributed by atoms with Gasteiger partial charge in [-0.15, -0.1) is 0 Å². The van der Waals surface area contributed by atoms with Crippen LogP contribution in [0.4, 0.5) is 21.0 Å². The van der Waals surface area contributed by atoms with Crippen LogP contribution in [-0.4, -0.2) is 84.9 Å². The molecule has 6 aromatic carbocycles. The van der Waals surface area contributed by atoms with Crippen LogP contribution in [0.15, 0.2) is 162 Å². The number of rotatable bonds is 14. The highest BCUT2D eigenvalue weighted by Crippen LogP contribution is 2.63. The normalized spacial score (nSPS) is 23.7. The maximum Gasteiger partial charge on any atom is 0.414 e. The number of carbonyl (C=O) groups excluding carboxylic acids is 2. The van der Waals surface area contributed by atoms with Crippen LogP contribution < -0.4 is 14.5 Å². The molecule has 3 aliphatic heterocycles. The average Bonchev–Trinajstić information content (AvgIpc) is 0.896. The van der Waals surface area contributed by atoms with E-state index < -0.39 is 17.8 Å². The van der Waals surface area contributed by atoms with Crippen molar-refractivity contribution in [3.8, 4) is 62.9 Å². The molecule has 0 saturated heterocycles. The number of nitrogens with zero attached hydrogens (tertiary/aromatic N) is 2. The number of hydrogen-bond acceptors (Lipinski definition) is 13. The fraction of sp³-hybridized carbons (Fsp3) is 0.486. The number of benzene rings is 6. The first kappa shape index (κ1) is 95.0. The van der Waals surface area contributed by atoms with Crippen molar-refractivity contribution in [1.29, 1.82) is 0 Å². The summed E-state index contributed by atoms with van der Waals surface area (Å²) in [4.78, 5) is 29.9. The smallest absolute Gasteiger partial charge is 0.414 e. The van der Waals surface area contributed by atoms with E-state index in [1.165, 1.54) is 38.3 Å². The highest BCUT2D eigenvalue weighted by molar-refractivity contribution is 9.11. The molecule has 0 bridgehead atoms. The average molecular weight is 1950 g/mol. The first-order valence-electron chi connectivity index (χ1n) is 45.0. The number of fused-ring (bicyclic) bond motifs is 7. The predicted molar refractivity (Wildman–Crippen MR) is 516 cm³/mol. The molecule has 8 N–H and O–H groups in total. The molecule has 2 amide bonds. The number of allylic oxidation sites excluding steroid dienone is 12. The topological polar surface area (TPSA) is 230 Å². The predicted octanol–water partition coefficient (Wildman–Crippen LogP) is 29.9. The Balaban J connectivity index is 0.000000155. The number of halogens is 4.